The molecule has 27 heavy (non-hydrogen) atoms. The summed E-state index contributed by atoms with van der Waals surface area (Å²) in [5.74, 6) is 1.42. The molecule has 1 heterocycles. The van der Waals surface area contributed by atoms with Crippen LogP contribution in [-0.2, 0) is 16.1 Å². The Labute approximate surface area is 161 Å². The molecule has 1 aromatic carbocycles. The van der Waals surface area contributed by atoms with E-state index in [-0.39, 0.29) is 29.2 Å². The minimum atomic E-state index is -0.121. The third kappa shape index (κ3) is 4.10. The Bertz CT molecular complexity index is 706. The van der Waals surface area contributed by atoms with Gasteiger partial charge in [0.1, 0.15) is 5.75 Å². The van der Waals surface area contributed by atoms with Crippen LogP contribution in [-0.4, -0.2) is 50.0 Å². The van der Waals surface area contributed by atoms with Gasteiger partial charge in [-0.3, -0.25) is 14.5 Å². The Morgan fingerprint density at radius 3 is 2.67 bits per heavy atom. The molecule has 2 aliphatic rings. The van der Waals surface area contributed by atoms with Crippen LogP contribution in [0.1, 0.15) is 32.3 Å². The van der Waals surface area contributed by atoms with Gasteiger partial charge in [-0.05, 0) is 30.2 Å². The van der Waals surface area contributed by atoms with E-state index in [1.165, 1.54) is 0 Å². The van der Waals surface area contributed by atoms with Crippen molar-refractivity contribution >= 4 is 11.8 Å². The van der Waals surface area contributed by atoms with Crippen LogP contribution < -0.4 is 15.4 Å². The Kier molecular flexibility index (Phi) is 5.75. The minimum Gasteiger partial charge on any atom is -0.496 e. The van der Waals surface area contributed by atoms with Crippen molar-refractivity contribution in [2.75, 3.05) is 27.2 Å². The third-order valence-corrected chi connectivity index (χ3v) is 5.86. The zero-order valence-electron chi connectivity index (χ0n) is 16.7. The largest absolute Gasteiger partial charge is 0.496 e. The van der Waals surface area contributed by atoms with Crippen molar-refractivity contribution in [1.29, 1.82) is 0 Å². The first-order chi connectivity index (χ1) is 12.9. The van der Waals surface area contributed by atoms with E-state index >= 15 is 0 Å². The van der Waals surface area contributed by atoms with Gasteiger partial charge in [0, 0.05) is 38.2 Å². The second-order valence-corrected chi connectivity index (χ2v) is 8.31. The van der Waals surface area contributed by atoms with E-state index in [2.05, 4.69) is 29.4 Å². The molecular weight excluding hydrogens is 342 g/mol. The van der Waals surface area contributed by atoms with E-state index in [9.17, 15) is 9.59 Å². The Morgan fingerprint density at radius 1 is 1.26 bits per heavy atom. The van der Waals surface area contributed by atoms with E-state index in [0.717, 1.165) is 37.2 Å². The maximum absolute atomic E-state index is 12.7. The molecule has 1 aliphatic heterocycles. The van der Waals surface area contributed by atoms with E-state index in [1.54, 1.807) is 14.2 Å². The number of likely N-dealkylation sites (tertiary alicyclic amines) is 1. The standard InChI is InChI=1S/C21H31N3O3/c1-14(2)12-24-13-21(10-17(24)20(26)22-3)9-16(21)19(25)23-11-15-7-5-6-8-18(15)27-4/h5-8,14,16-17H,9-13H2,1-4H3,(H,22,26)(H,23,25)/t16-,17+,21+/m1/s1. The Balaban J connectivity index is 1.61. The van der Waals surface area contributed by atoms with Gasteiger partial charge in [0.2, 0.25) is 11.8 Å². The number of benzene rings is 1. The highest BCUT2D eigenvalue weighted by atomic mass is 16.5. The summed E-state index contributed by atoms with van der Waals surface area (Å²) in [4.78, 5) is 27.3. The fraction of sp³-hybridized carbons (Fsp3) is 0.619. The van der Waals surface area contributed by atoms with Crippen molar-refractivity contribution in [2.45, 2.75) is 39.3 Å². The molecule has 0 aromatic heterocycles. The summed E-state index contributed by atoms with van der Waals surface area (Å²) in [6.45, 7) is 6.50. The summed E-state index contributed by atoms with van der Waals surface area (Å²) in [6.07, 6.45) is 1.64. The van der Waals surface area contributed by atoms with Crippen molar-refractivity contribution in [2.24, 2.45) is 17.3 Å². The van der Waals surface area contributed by atoms with Crippen molar-refractivity contribution in [3.63, 3.8) is 0 Å². The molecule has 6 nitrogen and oxygen atoms in total. The summed E-state index contributed by atoms with van der Waals surface area (Å²) >= 11 is 0. The monoisotopic (exact) mass is 373 g/mol. The van der Waals surface area contributed by atoms with Crippen LogP contribution in [0.2, 0.25) is 0 Å². The summed E-state index contributed by atoms with van der Waals surface area (Å²) in [6, 6.07) is 7.60. The molecule has 0 bridgehead atoms. The Hall–Kier alpha value is -2.08. The van der Waals surface area contributed by atoms with Crippen LogP contribution >= 0.6 is 0 Å². The lowest BCUT2D eigenvalue weighted by Gasteiger charge is -2.24. The number of likely N-dealkylation sites (N-methyl/N-ethyl adjacent to an activating group) is 1. The lowest BCUT2D eigenvalue weighted by Crippen LogP contribution is -2.43. The van der Waals surface area contributed by atoms with E-state index in [0.29, 0.717) is 12.5 Å². The molecule has 2 amide bonds. The minimum absolute atomic E-state index is 0.00322. The summed E-state index contributed by atoms with van der Waals surface area (Å²) in [5, 5.41) is 5.85. The van der Waals surface area contributed by atoms with Crippen molar-refractivity contribution in [3.05, 3.63) is 29.8 Å². The molecule has 0 radical (unpaired) electrons. The van der Waals surface area contributed by atoms with Gasteiger partial charge in [0.25, 0.3) is 0 Å². The molecule has 1 saturated carbocycles. The van der Waals surface area contributed by atoms with Crippen LogP contribution in [0, 0.1) is 17.3 Å². The Morgan fingerprint density at radius 2 is 2.00 bits per heavy atom. The van der Waals surface area contributed by atoms with E-state index < -0.39 is 0 Å². The number of methoxy groups -OCH3 is 1. The number of hydrogen-bond acceptors (Lipinski definition) is 4. The van der Waals surface area contributed by atoms with Crippen LogP contribution in [0.3, 0.4) is 0 Å². The zero-order valence-corrected chi connectivity index (χ0v) is 16.7. The molecule has 6 heteroatoms. The molecule has 0 unspecified atom stereocenters. The molecule has 3 atom stereocenters. The lowest BCUT2D eigenvalue weighted by molar-refractivity contribution is -0.125. The number of carbonyl (C=O) groups is 2. The molecule has 148 valence electrons. The van der Waals surface area contributed by atoms with E-state index in [4.69, 9.17) is 4.74 Å². The normalized spacial score (nSPS) is 27.0. The van der Waals surface area contributed by atoms with Gasteiger partial charge in [-0.15, -0.1) is 0 Å². The lowest BCUT2D eigenvalue weighted by atomic mass is 9.99. The zero-order chi connectivity index (χ0) is 19.6. The van der Waals surface area contributed by atoms with E-state index in [1.807, 2.05) is 24.3 Å². The number of rotatable bonds is 7. The number of nitrogens with one attached hydrogen (secondary N) is 2. The number of para-hydroxylation sites is 1. The van der Waals surface area contributed by atoms with Crippen LogP contribution in [0.5, 0.6) is 5.75 Å². The molecule has 1 aliphatic carbocycles. The van der Waals surface area contributed by atoms with Crippen molar-refractivity contribution < 1.29 is 14.3 Å². The summed E-state index contributed by atoms with van der Waals surface area (Å²) in [5.41, 5.74) is 0.927. The quantitative estimate of drug-likeness (QED) is 0.765. The predicted molar refractivity (Wildman–Crippen MR) is 104 cm³/mol. The highest BCUT2D eigenvalue weighted by Gasteiger charge is 2.63. The molecule has 2 N–H and O–H groups in total. The molecule has 2 fully saturated rings. The highest BCUT2D eigenvalue weighted by Crippen LogP contribution is 2.60. The summed E-state index contributed by atoms with van der Waals surface area (Å²) < 4.78 is 5.35. The number of hydrogen-bond donors (Lipinski definition) is 2. The smallest absolute Gasteiger partial charge is 0.237 e. The highest BCUT2D eigenvalue weighted by molar-refractivity contribution is 5.85. The molecule has 1 aromatic rings. The van der Waals surface area contributed by atoms with Gasteiger partial charge in [-0.25, -0.2) is 0 Å². The summed E-state index contributed by atoms with van der Waals surface area (Å²) in [7, 11) is 3.32. The van der Waals surface area contributed by atoms with Crippen LogP contribution in [0.25, 0.3) is 0 Å². The van der Waals surface area contributed by atoms with Crippen LogP contribution in [0.4, 0.5) is 0 Å². The average Bonchev–Trinajstić information content (AvgIpc) is 3.24. The topological polar surface area (TPSA) is 70.7 Å². The van der Waals surface area contributed by atoms with Crippen molar-refractivity contribution in [1.82, 2.24) is 15.5 Å². The molecule has 3 rings (SSSR count). The SMILES string of the molecule is CNC(=O)[C@@H]1C[C@@]2(C[C@@H]2C(=O)NCc2ccccc2OC)CN1CC(C)C. The average molecular weight is 373 g/mol. The number of amides is 2. The number of ether oxygens (including phenoxy) is 1. The van der Waals surface area contributed by atoms with Gasteiger partial charge < -0.3 is 15.4 Å². The molecule has 1 saturated heterocycles. The van der Waals surface area contributed by atoms with Gasteiger partial charge >= 0.3 is 0 Å². The van der Waals surface area contributed by atoms with Crippen LogP contribution in [0.15, 0.2) is 24.3 Å². The fourth-order valence-electron chi connectivity index (χ4n) is 4.45. The first kappa shape index (κ1) is 19.7. The van der Waals surface area contributed by atoms with Gasteiger partial charge in [0.15, 0.2) is 0 Å². The first-order valence-electron chi connectivity index (χ1n) is 9.75. The second-order valence-electron chi connectivity index (χ2n) is 8.31. The number of nitrogens with zero attached hydrogens (tertiary/aromatic N) is 1. The number of carbonyl (C=O) groups excluding carboxylic acids is 2. The first-order valence-corrected chi connectivity index (χ1v) is 9.75. The van der Waals surface area contributed by atoms with Gasteiger partial charge in [0.05, 0.1) is 13.2 Å². The maximum Gasteiger partial charge on any atom is 0.237 e. The fourth-order valence-corrected chi connectivity index (χ4v) is 4.45. The van der Waals surface area contributed by atoms with Gasteiger partial charge in [-0.1, -0.05) is 32.0 Å². The third-order valence-electron chi connectivity index (χ3n) is 5.86. The maximum atomic E-state index is 12.7. The second kappa shape index (κ2) is 7.89. The van der Waals surface area contributed by atoms with Crippen molar-refractivity contribution in [3.8, 4) is 5.75 Å². The van der Waals surface area contributed by atoms with Gasteiger partial charge in [-0.2, -0.15) is 0 Å². The molecule has 1 spiro atoms. The molecular formula is C21H31N3O3. The predicted octanol–water partition coefficient (Wildman–Crippen LogP) is 1.79.